The third-order valence-corrected chi connectivity index (χ3v) is 6.24. The molecular formula is C23H38O10. The molecule has 0 aromatic carbocycles. The predicted octanol–water partition coefficient (Wildman–Crippen LogP) is 4.25. The zero-order chi connectivity index (χ0) is 25.5. The van der Waals surface area contributed by atoms with E-state index in [9.17, 15) is 49.5 Å². The monoisotopic (exact) mass is 474 g/mol. The van der Waals surface area contributed by atoms with E-state index in [-0.39, 0.29) is 6.42 Å². The van der Waals surface area contributed by atoms with Gasteiger partial charge in [-0.3, -0.25) is 24.0 Å². The molecule has 5 N–H and O–H groups in total. The van der Waals surface area contributed by atoms with E-state index < -0.39 is 47.1 Å². The number of aliphatic carboxylic acids is 5. The van der Waals surface area contributed by atoms with Crippen LogP contribution in [0.5, 0.6) is 0 Å². The topological polar surface area (TPSA) is 186 Å². The fourth-order valence-corrected chi connectivity index (χ4v) is 4.22. The molecule has 0 rings (SSSR count). The third kappa shape index (κ3) is 7.71. The van der Waals surface area contributed by atoms with Crippen LogP contribution in [0.2, 0.25) is 0 Å². The molecule has 0 aliphatic rings. The maximum Gasteiger partial charge on any atom is 0.334 e. The molecule has 33 heavy (non-hydrogen) atoms. The predicted molar refractivity (Wildman–Crippen MR) is 118 cm³/mol. The van der Waals surface area contributed by atoms with Gasteiger partial charge in [0.05, 0.1) is 0 Å². The highest BCUT2D eigenvalue weighted by Crippen LogP contribution is 2.46. The Kier molecular flexibility index (Phi) is 14.0. The van der Waals surface area contributed by atoms with E-state index in [0.717, 1.165) is 25.7 Å². The van der Waals surface area contributed by atoms with Gasteiger partial charge >= 0.3 is 29.8 Å². The van der Waals surface area contributed by atoms with Gasteiger partial charge in [0.25, 0.3) is 5.41 Å². The van der Waals surface area contributed by atoms with Gasteiger partial charge in [0.1, 0.15) is 0 Å². The molecule has 0 fully saturated rings. The normalized spacial score (nSPS) is 11.8. The van der Waals surface area contributed by atoms with E-state index in [2.05, 4.69) is 6.92 Å². The van der Waals surface area contributed by atoms with Crippen LogP contribution in [0.3, 0.4) is 0 Å². The summed E-state index contributed by atoms with van der Waals surface area (Å²) in [7, 11) is 0. The van der Waals surface area contributed by atoms with E-state index >= 15 is 0 Å². The molecule has 0 aromatic rings. The zero-order valence-corrected chi connectivity index (χ0v) is 19.4. The summed E-state index contributed by atoms with van der Waals surface area (Å²) in [5, 5.41) is 47.0. The molecule has 0 heterocycles. The van der Waals surface area contributed by atoms with Crippen LogP contribution >= 0.6 is 0 Å². The lowest BCUT2D eigenvalue weighted by molar-refractivity contribution is -0.203. The Labute approximate surface area is 194 Å². The summed E-state index contributed by atoms with van der Waals surface area (Å²) < 4.78 is 0. The summed E-state index contributed by atoms with van der Waals surface area (Å²) >= 11 is 0. The first-order valence-electron chi connectivity index (χ1n) is 11.7. The van der Waals surface area contributed by atoms with Crippen molar-refractivity contribution in [3.05, 3.63) is 0 Å². The number of hydrogen-bond donors (Lipinski definition) is 5. The Morgan fingerprint density at radius 2 is 0.727 bits per heavy atom. The number of rotatable bonds is 21. The van der Waals surface area contributed by atoms with Crippen LogP contribution in [0.25, 0.3) is 0 Å². The van der Waals surface area contributed by atoms with Crippen molar-refractivity contribution in [2.24, 2.45) is 10.8 Å². The zero-order valence-electron chi connectivity index (χ0n) is 19.4. The van der Waals surface area contributed by atoms with Crippen molar-refractivity contribution >= 4 is 29.8 Å². The van der Waals surface area contributed by atoms with Gasteiger partial charge in [-0.05, 0) is 6.42 Å². The van der Waals surface area contributed by atoms with Crippen LogP contribution in [0.1, 0.15) is 103 Å². The molecule has 0 atom stereocenters. The standard InChI is InChI=1S/C23H38O10/c1-2-3-4-5-6-7-8-9-10-11-12-13-14-15-16-22(17(24)25,18(26)27)23(19(28)29,20(30)31)21(32)33/h2-16H2,1H3,(H,24,25)(H,26,27)(H,28,29)(H,30,31)(H,32,33). The molecule has 0 saturated heterocycles. The minimum atomic E-state index is -4.05. The van der Waals surface area contributed by atoms with Gasteiger partial charge in [-0.2, -0.15) is 0 Å². The van der Waals surface area contributed by atoms with Crippen molar-refractivity contribution in [1.29, 1.82) is 0 Å². The van der Waals surface area contributed by atoms with Crippen LogP contribution in [-0.2, 0) is 24.0 Å². The highest BCUT2D eigenvalue weighted by atomic mass is 16.4. The summed E-state index contributed by atoms with van der Waals surface area (Å²) in [6.07, 6.45) is 12.5. The molecule has 0 saturated carbocycles. The second kappa shape index (κ2) is 15.2. The lowest BCUT2D eigenvalue weighted by atomic mass is 9.60. The second-order valence-electron chi connectivity index (χ2n) is 8.53. The molecule has 10 heteroatoms. The van der Waals surface area contributed by atoms with Crippen LogP contribution in [0.4, 0.5) is 0 Å². The lowest BCUT2D eigenvalue weighted by Crippen LogP contribution is -2.65. The first kappa shape index (κ1) is 30.4. The van der Waals surface area contributed by atoms with E-state index in [0.29, 0.717) is 12.8 Å². The van der Waals surface area contributed by atoms with Gasteiger partial charge in [0.2, 0.25) is 5.41 Å². The Hall–Kier alpha value is -2.65. The average Bonchev–Trinajstić information content (AvgIpc) is 2.71. The van der Waals surface area contributed by atoms with Crippen LogP contribution in [0, 0.1) is 10.8 Å². The largest absolute Gasteiger partial charge is 0.480 e. The third-order valence-electron chi connectivity index (χ3n) is 6.24. The minimum absolute atomic E-state index is 0.133. The van der Waals surface area contributed by atoms with Crippen molar-refractivity contribution in [3.63, 3.8) is 0 Å². The summed E-state index contributed by atoms with van der Waals surface area (Å²) in [5.74, 6) is -12.2. The highest BCUT2D eigenvalue weighted by Gasteiger charge is 2.76. The lowest BCUT2D eigenvalue weighted by Gasteiger charge is -2.35. The maximum absolute atomic E-state index is 11.8. The minimum Gasteiger partial charge on any atom is -0.480 e. The second-order valence-corrected chi connectivity index (χ2v) is 8.53. The van der Waals surface area contributed by atoms with Crippen molar-refractivity contribution < 1.29 is 49.5 Å². The molecule has 190 valence electrons. The summed E-state index contributed by atoms with van der Waals surface area (Å²) in [5.41, 5.74) is -7.60. The summed E-state index contributed by atoms with van der Waals surface area (Å²) in [6, 6.07) is 0. The average molecular weight is 475 g/mol. The quantitative estimate of drug-likeness (QED) is 0.119. The summed E-state index contributed by atoms with van der Waals surface area (Å²) in [6.45, 7) is 2.18. The molecule has 0 aliphatic heterocycles. The number of carboxylic acid groups (broad SMARTS) is 5. The SMILES string of the molecule is CCCCCCCCCCCCCCCCC(C(=O)O)(C(=O)O)C(C(=O)O)(C(=O)O)C(=O)O. The first-order valence-corrected chi connectivity index (χ1v) is 11.7. The molecule has 0 unspecified atom stereocenters. The van der Waals surface area contributed by atoms with Crippen molar-refractivity contribution in [3.8, 4) is 0 Å². The van der Waals surface area contributed by atoms with Gasteiger partial charge in [0.15, 0.2) is 0 Å². The van der Waals surface area contributed by atoms with Crippen molar-refractivity contribution in [2.45, 2.75) is 103 Å². The number of carboxylic acids is 5. The molecule has 0 amide bonds. The Morgan fingerprint density at radius 3 is 0.970 bits per heavy atom. The maximum atomic E-state index is 11.8. The molecule has 0 aromatic heterocycles. The van der Waals surface area contributed by atoms with Gasteiger partial charge in [0, 0.05) is 0 Å². The number of hydrogen-bond acceptors (Lipinski definition) is 5. The molecule has 10 nitrogen and oxygen atoms in total. The molecule has 0 aliphatic carbocycles. The van der Waals surface area contributed by atoms with Crippen molar-refractivity contribution in [1.82, 2.24) is 0 Å². The fourth-order valence-electron chi connectivity index (χ4n) is 4.22. The highest BCUT2D eigenvalue weighted by molar-refractivity contribution is 6.24. The Morgan fingerprint density at radius 1 is 0.455 bits per heavy atom. The molecule has 0 bridgehead atoms. The van der Waals surface area contributed by atoms with Crippen molar-refractivity contribution in [2.75, 3.05) is 0 Å². The fraction of sp³-hybridized carbons (Fsp3) is 0.783. The number of carbonyl (C=O) groups is 5. The van der Waals surface area contributed by atoms with Crippen LogP contribution in [-0.4, -0.2) is 55.4 Å². The Bertz CT molecular complexity index is 620. The van der Waals surface area contributed by atoms with Gasteiger partial charge in [-0.15, -0.1) is 0 Å². The van der Waals surface area contributed by atoms with Gasteiger partial charge in [-0.1, -0.05) is 96.8 Å². The van der Waals surface area contributed by atoms with Gasteiger partial charge in [-0.25, -0.2) is 0 Å². The van der Waals surface area contributed by atoms with E-state index in [1.54, 1.807) is 0 Å². The first-order chi connectivity index (χ1) is 15.5. The van der Waals surface area contributed by atoms with E-state index in [4.69, 9.17) is 0 Å². The van der Waals surface area contributed by atoms with Crippen LogP contribution in [0.15, 0.2) is 0 Å². The summed E-state index contributed by atoms with van der Waals surface area (Å²) in [4.78, 5) is 58.5. The van der Waals surface area contributed by atoms with E-state index in [1.807, 2.05) is 0 Å². The smallest absolute Gasteiger partial charge is 0.334 e. The van der Waals surface area contributed by atoms with Crippen LogP contribution < -0.4 is 0 Å². The Balaban J connectivity index is 4.71. The van der Waals surface area contributed by atoms with Gasteiger partial charge < -0.3 is 25.5 Å². The number of unbranched alkanes of at least 4 members (excludes halogenated alkanes) is 13. The molecular weight excluding hydrogens is 436 g/mol. The molecule has 0 spiro atoms. The van der Waals surface area contributed by atoms with E-state index in [1.165, 1.54) is 44.9 Å². The molecule has 0 radical (unpaired) electrons.